The van der Waals surface area contributed by atoms with Gasteiger partial charge in [0.05, 0.1) is 19.3 Å². The molecule has 1 aromatic heterocycles. The topological polar surface area (TPSA) is 103 Å². The zero-order chi connectivity index (χ0) is 27.2. The molecule has 0 aliphatic carbocycles. The first kappa shape index (κ1) is 26.6. The number of azide groups is 1. The van der Waals surface area contributed by atoms with E-state index in [4.69, 9.17) is 16.5 Å². The van der Waals surface area contributed by atoms with Crippen LogP contribution in [-0.2, 0) is 23.0 Å². The summed E-state index contributed by atoms with van der Waals surface area (Å²) in [6.45, 7) is 0.457. The number of ether oxygens (including phenoxy) is 1. The van der Waals surface area contributed by atoms with Crippen LogP contribution in [0.1, 0.15) is 17.2 Å². The van der Waals surface area contributed by atoms with Gasteiger partial charge in [0.2, 0.25) is 5.91 Å². The number of anilines is 1. The van der Waals surface area contributed by atoms with Crippen LogP contribution >= 0.6 is 6.19 Å². The zero-order valence-electron chi connectivity index (χ0n) is 21.3. The smallest absolute Gasteiger partial charge is 0.239 e. The number of pyridine rings is 1. The van der Waals surface area contributed by atoms with Gasteiger partial charge in [0.15, 0.2) is 0 Å². The Bertz CT molecular complexity index is 1520. The van der Waals surface area contributed by atoms with Crippen molar-refractivity contribution in [3.63, 3.8) is 0 Å². The fourth-order valence-electron chi connectivity index (χ4n) is 4.83. The average Bonchev–Trinajstić information content (AvgIpc) is 3.44. The predicted octanol–water partition coefficient (Wildman–Crippen LogP) is 5.03. The van der Waals surface area contributed by atoms with Crippen molar-refractivity contribution in [1.82, 2.24) is 10.1 Å². The molecule has 0 spiro atoms. The molecule has 196 valence electrons. The summed E-state index contributed by atoms with van der Waals surface area (Å²) in [6, 6.07) is 29.0. The number of hydrogen-bond acceptors (Lipinski definition) is 5. The number of nitrogens with one attached hydrogen (secondary N) is 1. The van der Waals surface area contributed by atoms with Gasteiger partial charge >= 0.3 is 0 Å². The van der Waals surface area contributed by atoms with Gasteiger partial charge in [0.25, 0.3) is 0 Å². The van der Waals surface area contributed by atoms with Crippen LogP contribution in [0.4, 0.5) is 5.82 Å². The molecule has 4 aromatic rings. The Hall–Kier alpha value is -4.00. The van der Waals surface area contributed by atoms with Gasteiger partial charge < -0.3 is 4.74 Å². The molecule has 2 heterocycles. The molecule has 5 rings (SSSR count). The number of carbonyl (C=O) groups is 1. The van der Waals surface area contributed by atoms with Crippen LogP contribution < -0.4 is 25.3 Å². The van der Waals surface area contributed by atoms with Crippen molar-refractivity contribution in [2.45, 2.75) is 18.5 Å². The molecule has 0 bridgehead atoms. The summed E-state index contributed by atoms with van der Waals surface area (Å²) >= 11 is 6.46. The average molecular weight is 555 g/mol. The quantitative estimate of drug-likeness (QED) is 0.135. The van der Waals surface area contributed by atoms with E-state index in [1.165, 1.54) is 0 Å². The Morgan fingerprint density at radius 2 is 1.74 bits per heavy atom. The third-order valence-corrected chi connectivity index (χ3v) is 11.0. The summed E-state index contributed by atoms with van der Waals surface area (Å²) in [6.07, 6.45) is -0.367. The highest BCUT2D eigenvalue weighted by Gasteiger charge is 2.39. The number of rotatable bonds is 9. The Morgan fingerprint density at radius 1 is 1.05 bits per heavy atom. The van der Waals surface area contributed by atoms with E-state index >= 15 is 0 Å². The van der Waals surface area contributed by atoms with Gasteiger partial charge in [-0.25, -0.2) is 4.98 Å². The molecule has 1 N–H and O–H groups in total. The van der Waals surface area contributed by atoms with Crippen LogP contribution in [0.5, 0.6) is 5.75 Å². The lowest BCUT2D eigenvalue weighted by molar-refractivity contribution is -0.120. The van der Waals surface area contributed by atoms with Crippen LogP contribution in [0.15, 0.2) is 108 Å². The minimum atomic E-state index is -2.71. The molecule has 2 atom stereocenters. The number of aromatic nitrogens is 1. The third kappa shape index (κ3) is 5.44. The Labute approximate surface area is 232 Å². The molecular weight excluding hydrogens is 527 g/mol. The van der Waals surface area contributed by atoms with E-state index in [0.717, 1.165) is 21.7 Å². The Morgan fingerprint density at radius 3 is 2.38 bits per heavy atom. The molecule has 0 saturated carbocycles. The highest BCUT2D eigenvalue weighted by atomic mass is 32.4. The van der Waals surface area contributed by atoms with E-state index in [-0.39, 0.29) is 5.91 Å². The molecule has 0 radical (unpaired) electrons. The van der Waals surface area contributed by atoms with E-state index < -0.39 is 18.3 Å². The summed E-state index contributed by atoms with van der Waals surface area (Å²) in [5.74, 6) is 0.871. The lowest BCUT2D eigenvalue weighted by Gasteiger charge is -2.34. The van der Waals surface area contributed by atoms with Crippen molar-refractivity contribution in [2.75, 3.05) is 18.6 Å². The fourth-order valence-corrected chi connectivity index (χ4v) is 8.36. The molecular formula is C29H27N6O2PS. The molecule has 39 heavy (non-hydrogen) atoms. The monoisotopic (exact) mass is 554 g/mol. The van der Waals surface area contributed by atoms with E-state index in [2.05, 4.69) is 20.1 Å². The van der Waals surface area contributed by atoms with Crippen LogP contribution in [0.25, 0.3) is 10.4 Å². The maximum Gasteiger partial charge on any atom is 0.239 e. The number of nitrogens with zero attached hydrogens (tertiary/aromatic N) is 5. The van der Waals surface area contributed by atoms with Crippen molar-refractivity contribution in [3.05, 3.63) is 125 Å². The summed E-state index contributed by atoms with van der Waals surface area (Å²) < 4.78 is 5.50. The van der Waals surface area contributed by atoms with Gasteiger partial charge in [0, 0.05) is 28.3 Å². The van der Waals surface area contributed by atoms with Gasteiger partial charge in [-0.05, 0) is 41.3 Å². The number of methoxy groups -OCH3 is 1. The van der Waals surface area contributed by atoms with E-state index in [1.54, 1.807) is 18.2 Å². The summed E-state index contributed by atoms with van der Waals surface area (Å²) in [5.41, 5.74) is 11.4. The Kier molecular flexibility index (Phi) is 8.05. The van der Waals surface area contributed by atoms with Gasteiger partial charge in [-0.15, -0.1) is 0 Å². The fraction of sp³-hybridized carbons (Fsp3) is 0.172. The number of carbonyl (C=O) groups excluding carboxylic acids is 1. The van der Waals surface area contributed by atoms with Gasteiger partial charge in [-0.1, -0.05) is 95.8 Å². The second-order valence-electron chi connectivity index (χ2n) is 9.04. The Balaban J connectivity index is 1.65. The lowest BCUT2D eigenvalue weighted by atomic mass is 9.99. The van der Waals surface area contributed by atoms with Gasteiger partial charge in [-0.3, -0.25) is 14.8 Å². The minimum Gasteiger partial charge on any atom is -0.497 e. The second kappa shape index (κ2) is 11.8. The molecule has 1 aliphatic rings. The van der Waals surface area contributed by atoms with Crippen molar-refractivity contribution >= 4 is 40.3 Å². The largest absolute Gasteiger partial charge is 0.497 e. The van der Waals surface area contributed by atoms with Crippen LogP contribution in [0.3, 0.4) is 0 Å². The second-order valence-corrected chi connectivity index (χ2v) is 13.2. The first-order chi connectivity index (χ1) is 19.0. The standard InChI is InChI=1S/C29H27N6O2PS/c1-37-23-12-8-10-22(20-23)26(27(32-34-30)29(36)35-19-17-21-11-9-18-31-28(21)35)33-38(39,24-13-4-2-5-14-24)25-15-6-3-7-16-25/h2-16,18,20,26-27H,17,19H2,1H3,(H,33,39). The number of benzene rings is 3. The zero-order valence-corrected chi connectivity index (χ0v) is 23.0. The molecule has 8 nitrogen and oxygen atoms in total. The SMILES string of the molecule is COc1cccc(C(NP(=S)(c2ccccc2)c2ccccc2)C(N=[N+]=[N-])C(=O)N2CCc3cccnc32)c1. The van der Waals surface area contributed by atoms with Gasteiger partial charge in [0.1, 0.15) is 17.6 Å². The maximum absolute atomic E-state index is 14.2. The highest BCUT2D eigenvalue weighted by molar-refractivity contribution is 8.20. The molecule has 1 amide bonds. The van der Waals surface area contributed by atoms with Crippen LogP contribution in [-0.4, -0.2) is 30.6 Å². The van der Waals surface area contributed by atoms with Gasteiger partial charge in [-0.2, -0.15) is 0 Å². The molecule has 2 unspecified atom stereocenters. The van der Waals surface area contributed by atoms with Crippen molar-refractivity contribution in [3.8, 4) is 5.75 Å². The molecule has 1 aliphatic heterocycles. The van der Waals surface area contributed by atoms with Crippen molar-refractivity contribution in [1.29, 1.82) is 0 Å². The molecule has 10 heteroatoms. The summed E-state index contributed by atoms with van der Waals surface area (Å²) in [7, 11) is 1.59. The lowest BCUT2D eigenvalue weighted by Crippen LogP contribution is -2.45. The van der Waals surface area contributed by atoms with Crippen LogP contribution in [0.2, 0.25) is 0 Å². The number of hydrogen-bond donors (Lipinski definition) is 1. The van der Waals surface area contributed by atoms with Crippen LogP contribution in [0, 0.1) is 0 Å². The van der Waals surface area contributed by atoms with Crippen molar-refractivity contribution in [2.24, 2.45) is 5.11 Å². The summed E-state index contributed by atoms with van der Waals surface area (Å²) in [4.78, 5) is 23.3. The van der Waals surface area contributed by atoms with E-state index in [1.807, 2.05) is 97.1 Å². The molecule has 3 aromatic carbocycles. The molecule has 0 saturated heterocycles. The summed E-state index contributed by atoms with van der Waals surface area (Å²) in [5, 5.41) is 9.62. The normalized spacial score (nSPS) is 14.1. The predicted molar refractivity (Wildman–Crippen MR) is 159 cm³/mol. The van der Waals surface area contributed by atoms with E-state index in [9.17, 15) is 10.3 Å². The first-order valence-corrected chi connectivity index (χ1v) is 15.3. The molecule has 0 fully saturated rings. The minimum absolute atomic E-state index is 0.340. The van der Waals surface area contributed by atoms with Crippen molar-refractivity contribution < 1.29 is 9.53 Å². The maximum atomic E-state index is 14.2. The highest BCUT2D eigenvalue weighted by Crippen LogP contribution is 2.44. The number of amides is 1. The first-order valence-electron chi connectivity index (χ1n) is 12.5. The van der Waals surface area contributed by atoms with E-state index in [0.29, 0.717) is 24.5 Å². The number of fused-ring (bicyclic) bond motifs is 1. The third-order valence-electron chi connectivity index (χ3n) is 6.75.